The minimum Gasteiger partial charge on any atom is -0.480 e. The van der Waals surface area contributed by atoms with Crippen molar-refractivity contribution in [2.24, 2.45) is 12.2 Å². The van der Waals surface area contributed by atoms with Gasteiger partial charge in [-0.15, -0.1) is 0 Å². The smallest absolute Gasteiger partial charge is 0.422 e. The summed E-state index contributed by atoms with van der Waals surface area (Å²) in [7, 11) is -1.26. The van der Waals surface area contributed by atoms with E-state index in [0.29, 0.717) is 16.5 Å². The van der Waals surface area contributed by atoms with Gasteiger partial charge < -0.3 is 4.74 Å². The van der Waals surface area contributed by atoms with Crippen molar-refractivity contribution in [3.63, 3.8) is 0 Å². The summed E-state index contributed by atoms with van der Waals surface area (Å²) >= 11 is 0. The molecule has 0 saturated carbocycles. The predicted molar refractivity (Wildman–Crippen MR) is 99.2 cm³/mol. The average Bonchev–Trinajstić information content (AvgIpc) is 2.94. The van der Waals surface area contributed by atoms with E-state index >= 15 is 0 Å². The molecule has 7 nitrogen and oxygen atoms in total. The van der Waals surface area contributed by atoms with Gasteiger partial charge >= 0.3 is 6.18 Å². The van der Waals surface area contributed by atoms with Crippen molar-refractivity contribution < 1.29 is 30.7 Å². The minimum atomic E-state index is -4.63. The monoisotopic (exact) mass is 432 g/mol. The Morgan fingerprint density at radius 2 is 1.93 bits per heavy atom. The molecular formula is C17H16F4N4O3S. The van der Waals surface area contributed by atoms with E-state index in [2.05, 4.69) is 5.10 Å². The van der Waals surface area contributed by atoms with E-state index in [-0.39, 0.29) is 11.4 Å². The predicted octanol–water partition coefficient (Wildman–Crippen LogP) is 2.96. The number of ether oxygens (including phenoxy) is 1. The first-order valence-electron chi connectivity index (χ1n) is 8.10. The zero-order chi connectivity index (χ0) is 21.6. The maximum Gasteiger partial charge on any atom is 0.422 e. The van der Waals surface area contributed by atoms with E-state index in [0.717, 1.165) is 10.4 Å². The first kappa shape index (κ1) is 20.9. The Bertz CT molecular complexity index is 1180. The number of fused-ring (bicyclic) bond motifs is 1. The number of anilines is 1. The number of aromatic nitrogens is 2. The summed E-state index contributed by atoms with van der Waals surface area (Å²) in [6, 6.07) is 8.32. The van der Waals surface area contributed by atoms with Crippen LogP contribution in [-0.4, -0.2) is 38.0 Å². The molecule has 12 heteroatoms. The molecular weight excluding hydrogens is 416 g/mol. The quantitative estimate of drug-likeness (QED) is 0.628. The molecule has 0 aliphatic rings. The van der Waals surface area contributed by atoms with Gasteiger partial charge in [-0.3, -0.25) is 4.68 Å². The number of para-hydroxylation sites is 1. The number of aryl methyl sites for hydroxylation is 1. The number of halogens is 4. The zero-order valence-electron chi connectivity index (χ0n) is 15.2. The third-order valence-corrected chi connectivity index (χ3v) is 5.11. The standard InChI is InChI=1S/C17H16F4N4O3S/c1-24-14-8-10(6-7-12(14)16(23-24)25(2)29(22,26)27)11-4-3-5-13(18)15(11)28-9-17(19,20)21/h3-8H,9H2,1-2H3,(H2,22,26,27). The molecule has 156 valence electrons. The van der Waals surface area contributed by atoms with Gasteiger partial charge in [-0.1, -0.05) is 18.2 Å². The summed E-state index contributed by atoms with van der Waals surface area (Å²) in [5.74, 6) is -1.40. The zero-order valence-corrected chi connectivity index (χ0v) is 16.1. The second-order valence-corrected chi connectivity index (χ2v) is 7.79. The van der Waals surface area contributed by atoms with Crippen molar-refractivity contribution in [1.82, 2.24) is 9.78 Å². The number of rotatable bonds is 5. The number of alkyl halides is 3. The highest BCUT2D eigenvalue weighted by Gasteiger charge is 2.30. The summed E-state index contributed by atoms with van der Waals surface area (Å²) < 4.78 is 81.8. The Morgan fingerprint density at radius 1 is 1.24 bits per heavy atom. The number of hydrogen-bond donors (Lipinski definition) is 1. The molecule has 0 saturated heterocycles. The first-order chi connectivity index (χ1) is 13.4. The van der Waals surface area contributed by atoms with E-state index in [1.807, 2.05) is 0 Å². The second-order valence-electron chi connectivity index (χ2n) is 6.21. The van der Waals surface area contributed by atoms with E-state index in [4.69, 9.17) is 9.88 Å². The largest absolute Gasteiger partial charge is 0.480 e. The van der Waals surface area contributed by atoms with Crippen LogP contribution >= 0.6 is 0 Å². The van der Waals surface area contributed by atoms with E-state index in [1.165, 1.54) is 42.1 Å². The molecule has 0 amide bonds. The van der Waals surface area contributed by atoms with Gasteiger partial charge in [-0.2, -0.15) is 26.7 Å². The lowest BCUT2D eigenvalue weighted by Gasteiger charge is -2.15. The average molecular weight is 432 g/mol. The van der Waals surface area contributed by atoms with Crippen LogP contribution in [0.1, 0.15) is 0 Å². The Hall–Kier alpha value is -2.86. The molecule has 29 heavy (non-hydrogen) atoms. The SMILES string of the molecule is CN(c1nn(C)c2cc(-c3cccc(F)c3OCC(F)(F)F)ccc12)S(N)(=O)=O. The van der Waals surface area contributed by atoms with Gasteiger partial charge in [0, 0.05) is 25.0 Å². The van der Waals surface area contributed by atoms with Gasteiger partial charge in [0.2, 0.25) is 0 Å². The summed E-state index contributed by atoms with van der Waals surface area (Å²) in [5, 5.41) is 9.70. The van der Waals surface area contributed by atoms with Gasteiger partial charge in [0.05, 0.1) is 5.52 Å². The summed E-state index contributed by atoms with van der Waals surface area (Å²) in [6.07, 6.45) is -4.63. The first-order valence-corrected chi connectivity index (χ1v) is 9.60. The van der Waals surface area contributed by atoms with Crippen LogP contribution in [0.4, 0.5) is 23.4 Å². The van der Waals surface area contributed by atoms with Crippen molar-refractivity contribution in [2.45, 2.75) is 6.18 Å². The van der Waals surface area contributed by atoms with Crippen LogP contribution in [0.15, 0.2) is 36.4 Å². The highest BCUT2D eigenvalue weighted by Crippen LogP contribution is 2.36. The van der Waals surface area contributed by atoms with Crippen molar-refractivity contribution in [3.05, 3.63) is 42.2 Å². The van der Waals surface area contributed by atoms with Crippen molar-refractivity contribution >= 4 is 26.9 Å². The Labute approximate surface area is 163 Å². The molecule has 0 atom stereocenters. The lowest BCUT2D eigenvalue weighted by Crippen LogP contribution is -2.33. The summed E-state index contributed by atoms with van der Waals surface area (Å²) in [5.41, 5.74) is 0.930. The maximum absolute atomic E-state index is 14.1. The molecule has 0 aliphatic carbocycles. The molecule has 0 spiro atoms. The van der Waals surface area contributed by atoms with Crippen molar-refractivity contribution in [1.29, 1.82) is 0 Å². The van der Waals surface area contributed by atoms with E-state index in [9.17, 15) is 26.0 Å². The lowest BCUT2D eigenvalue weighted by molar-refractivity contribution is -0.153. The number of benzene rings is 2. The molecule has 2 aromatic carbocycles. The van der Waals surface area contributed by atoms with Crippen LogP contribution in [0.25, 0.3) is 22.0 Å². The molecule has 0 fully saturated rings. The fourth-order valence-electron chi connectivity index (χ4n) is 2.80. The van der Waals surface area contributed by atoms with Gasteiger partial charge in [0.25, 0.3) is 10.2 Å². The third-order valence-electron chi connectivity index (χ3n) is 4.17. The van der Waals surface area contributed by atoms with Crippen LogP contribution in [0.5, 0.6) is 5.75 Å². The molecule has 0 bridgehead atoms. The topological polar surface area (TPSA) is 90.4 Å². The third kappa shape index (κ3) is 4.27. The molecule has 1 heterocycles. The molecule has 0 aliphatic heterocycles. The van der Waals surface area contributed by atoms with Gasteiger partial charge in [0.15, 0.2) is 24.0 Å². The van der Waals surface area contributed by atoms with Crippen LogP contribution < -0.4 is 14.2 Å². The molecule has 3 aromatic rings. The molecule has 2 N–H and O–H groups in total. The normalized spacial score (nSPS) is 12.4. The molecule has 3 rings (SSSR count). The Morgan fingerprint density at radius 3 is 2.55 bits per heavy atom. The fourth-order valence-corrected chi connectivity index (χ4v) is 3.17. The maximum atomic E-state index is 14.1. The Balaban J connectivity index is 2.11. The van der Waals surface area contributed by atoms with Crippen LogP contribution in [-0.2, 0) is 17.3 Å². The van der Waals surface area contributed by atoms with Crippen LogP contribution in [0.3, 0.4) is 0 Å². The molecule has 0 radical (unpaired) electrons. The fraction of sp³-hybridized carbons (Fsp3) is 0.235. The van der Waals surface area contributed by atoms with Gasteiger partial charge in [0.1, 0.15) is 0 Å². The number of nitrogens with two attached hydrogens (primary N) is 1. The highest BCUT2D eigenvalue weighted by molar-refractivity contribution is 7.90. The van der Waals surface area contributed by atoms with Crippen molar-refractivity contribution in [2.75, 3.05) is 18.0 Å². The highest BCUT2D eigenvalue weighted by atomic mass is 32.2. The summed E-state index contributed by atoms with van der Waals surface area (Å²) in [6.45, 7) is -1.64. The van der Waals surface area contributed by atoms with Crippen molar-refractivity contribution in [3.8, 4) is 16.9 Å². The van der Waals surface area contributed by atoms with Gasteiger partial charge in [-0.05, 0) is 23.8 Å². The van der Waals surface area contributed by atoms with Crippen LogP contribution in [0.2, 0.25) is 0 Å². The molecule has 0 unspecified atom stereocenters. The van der Waals surface area contributed by atoms with E-state index in [1.54, 1.807) is 7.05 Å². The lowest BCUT2D eigenvalue weighted by atomic mass is 10.0. The second kappa shape index (κ2) is 7.19. The number of nitrogens with zero attached hydrogens (tertiary/aromatic N) is 3. The molecule has 1 aromatic heterocycles. The summed E-state index contributed by atoms with van der Waals surface area (Å²) in [4.78, 5) is 0. The van der Waals surface area contributed by atoms with Crippen LogP contribution in [0, 0.1) is 5.82 Å². The minimum absolute atomic E-state index is 0.0735. The van der Waals surface area contributed by atoms with Gasteiger partial charge in [-0.25, -0.2) is 13.8 Å². The van der Waals surface area contributed by atoms with E-state index < -0.39 is 34.6 Å². The Kier molecular flexibility index (Phi) is 5.17. The number of hydrogen-bond acceptors (Lipinski definition) is 4.